The van der Waals surface area contributed by atoms with Crippen molar-refractivity contribution in [1.82, 2.24) is 0 Å². The Labute approximate surface area is 76.6 Å². The molecule has 0 nitrogen and oxygen atoms in total. The predicted octanol–water partition coefficient (Wildman–Crippen LogP) is 3.43. The van der Waals surface area contributed by atoms with Crippen LogP contribution in [0.3, 0.4) is 0 Å². The first-order chi connectivity index (χ1) is 5.86. The normalized spacial score (nSPS) is 55.4. The van der Waals surface area contributed by atoms with Crippen LogP contribution in [0.1, 0.15) is 32.1 Å². The van der Waals surface area contributed by atoms with Crippen LogP contribution >= 0.6 is 8.70 Å². The van der Waals surface area contributed by atoms with Gasteiger partial charge in [0, 0.05) is 0 Å². The molecule has 0 spiro atoms. The van der Waals surface area contributed by atoms with Crippen LogP contribution in [0, 0.1) is 35.2 Å². The van der Waals surface area contributed by atoms with Crippen molar-refractivity contribution in [3.8, 4) is 5.63 Å². The van der Waals surface area contributed by atoms with E-state index in [1.165, 1.54) is 25.7 Å². The minimum absolute atomic E-state index is 0.751. The molecule has 12 heavy (non-hydrogen) atoms. The first-order valence-corrected chi connectivity index (χ1v) is 5.71. The summed E-state index contributed by atoms with van der Waals surface area (Å²) in [4.78, 5) is 0. The zero-order valence-electron chi connectivity index (χ0n) is 7.37. The van der Waals surface area contributed by atoms with E-state index in [-0.39, 0.29) is 0 Å². The van der Waals surface area contributed by atoms with Gasteiger partial charge in [-0.25, -0.2) is 0 Å². The number of rotatable bonds is 0. The zero-order chi connectivity index (χ0) is 8.13. The molecule has 64 valence electrons. The van der Waals surface area contributed by atoms with Gasteiger partial charge in [-0.3, -0.25) is 0 Å². The van der Waals surface area contributed by atoms with Crippen molar-refractivity contribution in [2.45, 2.75) is 32.1 Å². The quantitative estimate of drug-likeness (QED) is 0.498. The van der Waals surface area contributed by atoms with Crippen LogP contribution in [0.15, 0.2) is 0 Å². The predicted molar refractivity (Wildman–Crippen MR) is 51.3 cm³/mol. The molecule has 0 heterocycles. The van der Waals surface area contributed by atoms with Crippen molar-refractivity contribution >= 4 is 8.70 Å². The molecule has 4 fully saturated rings. The van der Waals surface area contributed by atoms with Gasteiger partial charge in [-0.1, -0.05) is 0 Å². The Bertz CT molecular complexity index is 210. The van der Waals surface area contributed by atoms with Crippen LogP contribution in [-0.2, 0) is 0 Å². The Morgan fingerprint density at radius 2 is 1.33 bits per heavy atom. The Hall–Kier alpha value is 0.210. The van der Waals surface area contributed by atoms with Crippen molar-refractivity contribution in [3.63, 3.8) is 0 Å². The van der Waals surface area contributed by atoms with E-state index in [4.69, 9.17) is 0 Å². The molecule has 0 atom stereocenters. The second-order valence-electron chi connectivity index (χ2n) is 5.09. The second-order valence-corrected chi connectivity index (χ2v) is 5.34. The van der Waals surface area contributed by atoms with Crippen molar-refractivity contribution in [2.24, 2.45) is 29.6 Å². The van der Waals surface area contributed by atoms with Crippen LogP contribution < -0.4 is 0 Å². The van der Waals surface area contributed by atoms with Gasteiger partial charge < -0.3 is 0 Å². The molecule has 0 N–H and O–H groups in total. The van der Waals surface area contributed by atoms with E-state index >= 15 is 0 Å². The average molecular weight is 178 g/mol. The summed E-state index contributed by atoms with van der Waals surface area (Å²) in [5.74, 6) is 4.87. The van der Waals surface area contributed by atoms with Crippen molar-refractivity contribution in [3.05, 3.63) is 0 Å². The third kappa shape index (κ3) is 0.949. The van der Waals surface area contributed by atoms with Gasteiger partial charge >= 0.3 is 76.0 Å². The maximum absolute atomic E-state index is 4.26. The third-order valence-electron chi connectivity index (χ3n) is 4.38. The fraction of sp³-hybridized carbons (Fsp3) is 0.909. The fourth-order valence-corrected chi connectivity index (χ4v) is 4.56. The molecular weight excluding hydrogens is 163 g/mol. The van der Waals surface area contributed by atoms with E-state index in [0.717, 1.165) is 29.6 Å². The van der Waals surface area contributed by atoms with Crippen LogP contribution in [-0.4, -0.2) is 0 Å². The maximum atomic E-state index is 4.26. The topological polar surface area (TPSA) is 0 Å². The third-order valence-corrected chi connectivity index (χ3v) is 4.67. The van der Waals surface area contributed by atoms with Gasteiger partial charge in [0.2, 0.25) is 0 Å². The van der Waals surface area contributed by atoms with E-state index < -0.39 is 0 Å². The molecule has 1 heteroatoms. The summed E-state index contributed by atoms with van der Waals surface area (Å²) < 4.78 is 0. The van der Waals surface area contributed by atoms with E-state index in [0.29, 0.717) is 0 Å². The van der Waals surface area contributed by atoms with Crippen LogP contribution in [0.5, 0.6) is 0 Å². The monoisotopic (exact) mass is 178 g/mol. The Kier molecular flexibility index (Phi) is 1.64. The van der Waals surface area contributed by atoms with Crippen molar-refractivity contribution in [2.75, 3.05) is 0 Å². The van der Waals surface area contributed by atoms with Gasteiger partial charge in [0.05, 0.1) is 0 Å². The molecule has 0 aliphatic heterocycles. The molecule has 0 saturated heterocycles. The molecule has 0 aromatic heterocycles. The van der Waals surface area contributed by atoms with Gasteiger partial charge in [-0.2, -0.15) is 0 Å². The van der Waals surface area contributed by atoms with E-state index in [2.05, 4.69) is 14.3 Å². The average Bonchev–Trinajstić information content (AvgIpc) is 2.02. The van der Waals surface area contributed by atoms with E-state index in [9.17, 15) is 0 Å². The van der Waals surface area contributed by atoms with Gasteiger partial charge in [0.1, 0.15) is 0 Å². The van der Waals surface area contributed by atoms with Crippen LogP contribution in [0.2, 0.25) is 0 Å². The molecule has 4 aliphatic rings. The Morgan fingerprint density at radius 1 is 0.833 bits per heavy atom. The first kappa shape index (κ1) is 7.60. The molecule has 0 unspecified atom stereocenters. The second kappa shape index (κ2) is 2.60. The summed E-state index contributed by atoms with van der Waals surface area (Å²) in [7, 11) is 4.26. The molecule has 4 rings (SSSR count). The van der Waals surface area contributed by atoms with E-state index in [1.54, 1.807) is 6.42 Å². The van der Waals surface area contributed by atoms with Gasteiger partial charge in [-0.05, 0) is 0 Å². The summed E-state index contributed by atoms with van der Waals surface area (Å²) >= 11 is 0. The fourth-order valence-electron chi connectivity index (χ4n) is 4.14. The standard InChI is InChI=1S/C11H15P/c12-6-11-9-2-7-1-8(4-9)5-10(11)3-7/h7-11H,1-5H2. The summed E-state index contributed by atoms with van der Waals surface area (Å²) in [5.41, 5.74) is 3.24. The molecule has 4 aliphatic carbocycles. The number of hydrogen-bond donors (Lipinski definition) is 0. The summed E-state index contributed by atoms with van der Waals surface area (Å²) in [6.45, 7) is 0. The minimum atomic E-state index is 0.751. The number of hydrogen-bond acceptors (Lipinski definition) is 0. The molecular formula is C11H15P. The van der Waals surface area contributed by atoms with Crippen LogP contribution in [0.4, 0.5) is 0 Å². The van der Waals surface area contributed by atoms with Crippen molar-refractivity contribution in [1.29, 1.82) is 0 Å². The Morgan fingerprint density at radius 3 is 1.75 bits per heavy atom. The molecule has 0 radical (unpaired) electrons. The summed E-state index contributed by atoms with van der Waals surface area (Å²) in [6.07, 6.45) is 7.51. The SMILES string of the molecule is P#CC1C2CC3CC(C2)CC1C3. The molecule has 0 aromatic rings. The summed E-state index contributed by atoms with van der Waals surface area (Å²) in [5, 5.41) is 0. The van der Waals surface area contributed by atoms with Gasteiger partial charge in [0.25, 0.3) is 0 Å². The molecule has 0 aromatic carbocycles. The van der Waals surface area contributed by atoms with Gasteiger partial charge in [-0.15, -0.1) is 0 Å². The van der Waals surface area contributed by atoms with Crippen LogP contribution in [0.25, 0.3) is 0 Å². The zero-order valence-corrected chi connectivity index (χ0v) is 8.26. The molecule has 4 saturated carbocycles. The Balaban J connectivity index is 1.91. The summed E-state index contributed by atoms with van der Waals surface area (Å²) in [6, 6.07) is 0. The first-order valence-electron chi connectivity index (χ1n) is 5.26. The molecule has 4 bridgehead atoms. The van der Waals surface area contributed by atoms with Gasteiger partial charge in [0.15, 0.2) is 0 Å². The molecule has 0 amide bonds. The van der Waals surface area contributed by atoms with Crippen molar-refractivity contribution < 1.29 is 0 Å². The van der Waals surface area contributed by atoms with E-state index in [1.807, 2.05) is 0 Å².